The van der Waals surface area contributed by atoms with E-state index in [1.165, 1.54) is 83.1 Å². The zero-order valence-corrected chi connectivity index (χ0v) is 27.2. The van der Waals surface area contributed by atoms with Crippen LogP contribution in [0.25, 0.3) is 0 Å². The first-order valence-corrected chi connectivity index (χ1v) is 15.8. The molecule has 0 amide bonds. The number of carbonyl (C=O) groups is 2. The van der Waals surface area contributed by atoms with Crippen LogP contribution in [0.2, 0.25) is 0 Å². The van der Waals surface area contributed by atoms with Crippen molar-refractivity contribution in [3.05, 3.63) is 12.7 Å². The largest absolute Gasteiger partial charge is 1.00 e. The van der Waals surface area contributed by atoms with Gasteiger partial charge in [-0.05, 0) is 6.42 Å². The molecule has 0 aliphatic heterocycles. The molecular weight excluding hydrogens is 535 g/mol. The third kappa shape index (κ3) is 26.2. The Bertz CT molecular complexity index is 716. The summed E-state index contributed by atoms with van der Waals surface area (Å²) >= 11 is 0. The molecule has 39 heavy (non-hydrogen) atoms. The average Bonchev–Trinajstić information content (AvgIpc) is 2.87. The predicted octanol–water partition coefficient (Wildman–Crippen LogP) is 2.21. The molecule has 2 unspecified atom stereocenters. The minimum atomic E-state index is -5.14. The van der Waals surface area contributed by atoms with Gasteiger partial charge in [-0.25, -0.2) is 8.42 Å². The van der Waals surface area contributed by atoms with Crippen molar-refractivity contribution < 1.29 is 71.4 Å². The molecule has 0 rings (SSSR count). The predicted molar refractivity (Wildman–Crippen MR) is 147 cm³/mol. The Kier molecular flexibility index (Phi) is 28.8. The van der Waals surface area contributed by atoms with Crippen LogP contribution in [0, 0.1) is 0 Å². The van der Waals surface area contributed by atoms with E-state index >= 15 is 0 Å². The summed E-state index contributed by atoms with van der Waals surface area (Å²) in [6.07, 6.45) is 18.8. The molecule has 0 fully saturated rings. The number of unbranched alkanes of at least 4 members (excludes halogenated alkanes) is 15. The first-order chi connectivity index (χ1) is 18.2. The molecule has 2 atom stereocenters. The molecule has 0 spiro atoms. The summed E-state index contributed by atoms with van der Waals surface area (Å²) in [5.74, 6) is -2.36. The summed E-state index contributed by atoms with van der Waals surface area (Å²) in [6, 6.07) is 0. The minimum Gasteiger partial charge on any atom is -0.747 e. The molecule has 0 radical (unpaired) electrons. The summed E-state index contributed by atoms with van der Waals surface area (Å²) in [7, 11) is -5.14. The standard InChI is InChI=1S/C28H52O9S.Na/c1-3-5-6-7-8-9-10-11-12-13-14-15-16-17-18-19-21-36-27(30)22-26(38(32,33)34)28(31)37-24-25(29)23-35-20-4-2;/h4,25-26,29H,2-3,5-24H2,1H3,(H,32,33,34);/q;+1/p-1. The Balaban J connectivity index is 0. The molecule has 224 valence electrons. The van der Waals surface area contributed by atoms with E-state index in [-0.39, 0.29) is 49.4 Å². The van der Waals surface area contributed by atoms with Gasteiger partial charge in [0.1, 0.15) is 22.8 Å². The minimum absolute atomic E-state index is 0. The van der Waals surface area contributed by atoms with E-state index in [4.69, 9.17) is 9.47 Å². The van der Waals surface area contributed by atoms with Gasteiger partial charge in [-0.1, -0.05) is 109 Å². The Morgan fingerprint density at radius 3 is 1.72 bits per heavy atom. The van der Waals surface area contributed by atoms with Gasteiger partial charge in [-0.2, -0.15) is 0 Å². The van der Waals surface area contributed by atoms with Crippen molar-refractivity contribution >= 4 is 22.1 Å². The molecule has 0 bridgehead atoms. The first kappa shape index (κ1) is 40.6. The smallest absolute Gasteiger partial charge is 0.747 e. The molecule has 0 aromatic heterocycles. The van der Waals surface area contributed by atoms with E-state index in [9.17, 15) is 27.7 Å². The van der Waals surface area contributed by atoms with Crippen LogP contribution >= 0.6 is 0 Å². The van der Waals surface area contributed by atoms with E-state index in [2.05, 4.69) is 18.2 Å². The maximum absolute atomic E-state index is 12.0. The first-order valence-electron chi connectivity index (χ1n) is 14.4. The van der Waals surface area contributed by atoms with E-state index in [1.54, 1.807) is 0 Å². The van der Waals surface area contributed by atoms with Crippen molar-refractivity contribution in [3.63, 3.8) is 0 Å². The van der Waals surface area contributed by atoms with Crippen molar-refractivity contribution in [1.82, 2.24) is 0 Å². The van der Waals surface area contributed by atoms with Crippen molar-refractivity contribution in [2.24, 2.45) is 0 Å². The van der Waals surface area contributed by atoms with Gasteiger partial charge < -0.3 is 23.9 Å². The topological polar surface area (TPSA) is 139 Å². The fourth-order valence-corrected chi connectivity index (χ4v) is 4.60. The molecule has 0 heterocycles. The fourth-order valence-electron chi connectivity index (χ4n) is 3.96. The van der Waals surface area contributed by atoms with E-state index in [1.807, 2.05) is 0 Å². The van der Waals surface area contributed by atoms with Gasteiger partial charge in [0.05, 0.1) is 26.2 Å². The molecule has 0 aromatic rings. The van der Waals surface area contributed by atoms with Crippen molar-refractivity contribution in [1.29, 1.82) is 0 Å². The van der Waals surface area contributed by atoms with Crippen LogP contribution in [0.3, 0.4) is 0 Å². The van der Waals surface area contributed by atoms with Crippen LogP contribution in [0.1, 0.15) is 116 Å². The molecule has 0 aliphatic rings. The van der Waals surface area contributed by atoms with Gasteiger partial charge in [0, 0.05) is 0 Å². The maximum Gasteiger partial charge on any atom is 1.00 e. The summed E-state index contributed by atoms with van der Waals surface area (Å²) in [5, 5.41) is 7.43. The molecule has 0 saturated carbocycles. The number of aliphatic hydroxyl groups is 1. The van der Waals surface area contributed by atoms with Crippen molar-refractivity contribution in [2.45, 2.75) is 127 Å². The summed E-state index contributed by atoms with van der Waals surface area (Å²) < 4.78 is 49.0. The van der Waals surface area contributed by atoms with Gasteiger partial charge in [0.25, 0.3) is 0 Å². The van der Waals surface area contributed by atoms with Crippen LogP contribution in [0.5, 0.6) is 0 Å². The van der Waals surface area contributed by atoms with E-state index in [0.717, 1.165) is 19.3 Å². The second-order valence-corrected chi connectivity index (χ2v) is 11.4. The molecular formula is C28H51NaO9S. The monoisotopic (exact) mass is 586 g/mol. The molecule has 11 heteroatoms. The molecule has 0 aromatic carbocycles. The number of hydrogen-bond acceptors (Lipinski definition) is 9. The third-order valence-electron chi connectivity index (χ3n) is 6.19. The van der Waals surface area contributed by atoms with E-state index in [0.29, 0.717) is 6.42 Å². The van der Waals surface area contributed by atoms with Gasteiger partial charge in [0.2, 0.25) is 0 Å². The van der Waals surface area contributed by atoms with Crippen molar-refractivity contribution in [2.75, 3.05) is 26.4 Å². The van der Waals surface area contributed by atoms with Crippen LogP contribution in [0.4, 0.5) is 0 Å². The second-order valence-electron chi connectivity index (χ2n) is 9.82. The van der Waals surface area contributed by atoms with Crippen LogP contribution in [-0.4, -0.2) is 67.8 Å². The third-order valence-corrected chi connectivity index (χ3v) is 7.24. The number of ether oxygens (including phenoxy) is 3. The summed E-state index contributed by atoms with van der Waals surface area (Å²) in [4.78, 5) is 24.0. The van der Waals surface area contributed by atoms with Gasteiger partial charge in [-0.15, -0.1) is 6.58 Å². The van der Waals surface area contributed by atoms with Crippen LogP contribution < -0.4 is 29.6 Å². The summed E-state index contributed by atoms with van der Waals surface area (Å²) in [5.41, 5.74) is 0. The van der Waals surface area contributed by atoms with Crippen LogP contribution in [0.15, 0.2) is 12.7 Å². The Labute approximate surface area is 258 Å². The molecule has 0 aliphatic carbocycles. The Hall–Kier alpha value is -0.490. The van der Waals surface area contributed by atoms with Crippen LogP contribution in [-0.2, 0) is 33.9 Å². The number of esters is 2. The zero-order chi connectivity index (χ0) is 28.5. The zero-order valence-electron chi connectivity index (χ0n) is 24.4. The quantitative estimate of drug-likeness (QED) is 0.0504. The normalized spacial score (nSPS) is 12.8. The number of aliphatic hydroxyl groups excluding tert-OH is 1. The number of carbonyl (C=O) groups excluding carboxylic acids is 2. The molecule has 0 saturated heterocycles. The Morgan fingerprint density at radius 2 is 1.28 bits per heavy atom. The Morgan fingerprint density at radius 1 is 0.821 bits per heavy atom. The van der Waals surface area contributed by atoms with E-state index < -0.39 is 46.4 Å². The summed E-state index contributed by atoms with van der Waals surface area (Å²) in [6.45, 7) is 5.21. The number of hydrogen-bond donors (Lipinski definition) is 1. The second kappa shape index (κ2) is 27.7. The molecule has 1 N–H and O–H groups in total. The molecule has 9 nitrogen and oxygen atoms in total. The average molecular weight is 587 g/mol. The maximum atomic E-state index is 12.0. The van der Waals surface area contributed by atoms with Crippen molar-refractivity contribution in [3.8, 4) is 0 Å². The number of rotatable bonds is 27. The fraction of sp³-hybridized carbons (Fsp3) is 0.857. The van der Waals surface area contributed by atoms with Gasteiger partial charge >= 0.3 is 41.5 Å². The van der Waals surface area contributed by atoms with Gasteiger partial charge in [0.15, 0.2) is 5.25 Å². The SMILES string of the molecule is C=CCOCC(O)COC(=O)C(CC(=O)OCCCCCCCCCCCCCCCCCC)S(=O)(=O)[O-].[Na+]. The van der Waals surface area contributed by atoms with Gasteiger partial charge in [-0.3, -0.25) is 9.59 Å².